The lowest BCUT2D eigenvalue weighted by molar-refractivity contribution is 0.0927. The summed E-state index contributed by atoms with van der Waals surface area (Å²) in [5, 5.41) is 5.60. The third kappa shape index (κ3) is 3.95. The Balaban J connectivity index is 1.80. The molecule has 2 aromatic carbocycles. The predicted octanol–water partition coefficient (Wildman–Crippen LogP) is 2.46. The molecule has 0 unspecified atom stereocenters. The lowest BCUT2D eigenvalue weighted by Gasteiger charge is -2.10. The molecular weight excluding hydrogens is 276 g/mol. The van der Waals surface area contributed by atoms with Crippen molar-refractivity contribution in [1.82, 2.24) is 10.6 Å². The Bertz CT molecular complexity index is 666. The van der Waals surface area contributed by atoms with E-state index in [-0.39, 0.29) is 11.8 Å². The molecule has 4 nitrogen and oxygen atoms in total. The highest BCUT2D eigenvalue weighted by atomic mass is 16.2. The maximum atomic E-state index is 12.1. The zero-order chi connectivity index (χ0) is 15.9. The first-order chi connectivity index (χ1) is 10.6. The van der Waals surface area contributed by atoms with Gasteiger partial charge in [-0.1, -0.05) is 30.3 Å². The van der Waals surface area contributed by atoms with Crippen molar-refractivity contribution in [3.05, 3.63) is 70.8 Å². The minimum atomic E-state index is -0.137. The maximum Gasteiger partial charge on any atom is 0.251 e. The molecule has 0 aliphatic rings. The smallest absolute Gasteiger partial charge is 0.251 e. The molecule has 4 heteroatoms. The average Bonchev–Trinajstić information content (AvgIpc) is 2.54. The van der Waals surface area contributed by atoms with Crippen LogP contribution in [0.2, 0.25) is 0 Å². The van der Waals surface area contributed by atoms with Crippen LogP contribution in [0.4, 0.5) is 0 Å². The highest BCUT2D eigenvalue weighted by Gasteiger charge is 2.09. The highest BCUT2D eigenvalue weighted by molar-refractivity contribution is 5.96. The molecule has 0 saturated heterocycles. The van der Waals surface area contributed by atoms with Crippen LogP contribution in [0.5, 0.6) is 0 Å². The first kappa shape index (κ1) is 15.8. The summed E-state index contributed by atoms with van der Waals surface area (Å²) in [7, 11) is 0. The van der Waals surface area contributed by atoms with Crippen LogP contribution in [-0.4, -0.2) is 24.9 Å². The zero-order valence-corrected chi connectivity index (χ0v) is 12.8. The van der Waals surface area contributed by atoms with Crippen molar-refractivity contribution < 1.29 is 9.59 Å². The van der Waals surface area contributed by atoms with Gasteiger partial charge in [0.2, 0.25) is 0 Å². The maximum absolute atomic E-state index is 12.1. The Labute approximate surface area is 130 Å². The lowest BCUT2D eigenvalue weighted by atomic mass is 10.0. The number of hydrogen-bond donors (Lipinski definition) is 2. The van der Waals surface area contributed by atoms with Crippen LogP contribution in [0.25, 0.3) is 0 Å². The van der Waals surface area contributed by atoms with Gasteiger partial charge in [0.25, 0.3) is 11.8 Å². The van der Waals surface area contributed by atoms with E-state index in [2.05, 4.69) is 10.6 Å². The van der Waals surface area contributed by atoms with Gasteiger partial charge in [0.05, 0.1) is 0 Å². The second-order valence-corrected chi connectivity index (χ2v) is 5.13. The summed E-state index contributed by atoms with van der Waals surface area (Å²) in [5.41, 5.74) is 3.36. The van der Waals surface area contributed by atoms with E-state index in [0.29, 0.717) is 24.2 Å². The normalized spacial score (nSPS) is 10.1. The molecule has 114 valence electrons. The number of benzene rings is 2. The van der Waals surface area contributed by atoms with Crippen LogP contribution in [0, 0.1) is 13.8 Å². The minimum absolute atomic E-state index is 0.116. The van der Waals surface area contributed by atoms with Gasteiger partial charge in [-0.3, -0.25) is 9.59 Å². The minimum Gasteiger partial charge on any atom is -0.350 e. The molecule has 2 N–H and O–H groups in total. The highest BCUT2D eigenvalue weighted by Crippen LogP contribution is 2.12. The third-order valence-corrected chi connectivity index (χ3v) is 3.58. The van der Waals surface area contributed by atoms with Crippen molar-refractivity contribution >= 4 is 11.8 Å². The van der Waals surface area contributed by atoms with Gasteiger partial charge in [0, 0.05) is 24.2 Å². The molecule has 0 heterocycles. The Morgan fingerprint density at radius 1 is 0.818 bits per heavy atom. The number of nitrogens with one attached hydrogen (secondary N) is 2. The van der Waals surface area contributed by atoms with E-state index in [0.717, 1.165) is 11.1 Å². The summed E-state index contributed by atoms with van der Waals surface area (Å²) in [6.45, 7) is 4.70. The molecule has 0 bridgehead atoms. The second kappa shape index (κ2) is 7.41. The quantitative estimate of drug-likeness (QED) is 0.833. The van der Waals surface area contributed by atoms with E-state index >= 15 is 0 Å². The predicted molar refractivity (Wildman–Crippen MR) is 87.0 cm³/mol. The van der Waals surface area contributed by atoms with E-state index in [1.807, 2.05) is 44.2 Å². The molecule has 0 fully saturated rings. The van der Waals surface area contributed by atoms with Crippen LogP contribution >= 0.6 is 0 Å². The van der Waals surface area contributed by atoms with Crippen molar-refractivity contribution in [2.75, 3.05) is 13.1 Å². The van der Waals surface area contributed by atoms with Gasteiger partial charge in [-0.2, -0.15) is 0 Å². The second-order valence-electron chi connectivity index (χ2n) is 5.13. The number of hydrogen-bond acceptors (Lipinski definition) is 2. The zero-order valence-electron chi connectivity index (χ0n) is 12.8. The van der Waals surface area contributed by atoms with Gasteiger partial charge < -0.3 is 10.6 Å². The van der Waals surface area contributed by atoms with Gasteiger partial charge in [-0.25, -0.2) is 0 Å². The molecule has 0 aliphatic heterocycles. The van der Waals surface area contributed by atoms with E-state index in [4.69, 9.17) is 0 Å². The Kier molecular flexibility index (Phi) is 5.31. The van der Waals surface area contributed by atoms with E-state index in [1.165, 1.54) is 0 Å². The first-order valence-electron chi connectivity index (χ1n) is 7.27. The van der Waals surface area contributed by atoms with Crippen molar-refractivity contribution in [2.24, 2.45) is 0 Å². The van der Waals surface area contributed by atoms with Crippen LogP contribution in [-0.2, 0) is 0 Å². The van der Waals surface area contributed by atoms with Crippen LogP contribution in [0.1, 0.15) is 31.8 Å². The molecule has 2 rings (SSSR count). The van der Waals surface area contributed by atoms with Crippen molar-refractivity contribution in [2.45, 2.75) is 13.8 Å². The molecule has 22 heavy (non-hydrogen) atoms. The summed E-state index contributed by atoms with van der Waals surface area (Å²) in [6.07, 6.45) is 0. The van der Waals surface area contributed by atoms with Crippen molar-refractivity contribution in [1.29, 1.82) is 0 Å². The van der Waals surface area contributed by atoms with Crippen molar-refractivity contribution in [3.63, 3.8) is 0 Å². The fourth-order valence-electron chi connectivity index (χ4n) is 2.14. The van der Waals surface area contributed by atoms with Gasteiger partial charge in [-0.15, -0.1) is 0 Å². The fourth-order valence-corrected chi connectivity index (χ4v) is 2.14. The summed E-state index contributed by atoms with van der Waals surface area (Å²) in [4.78, 5) is 23.9. The van der Waals surface area contributed by atoms with Crippen LogP contribution < -0.4 is 10.6 Å². The Morgan fingerprint density at radius 3 is 2.14 bits per heavy atom. The Hall–Kier alpha value is -2.62. The van der Waals surface area contributed by atoms with E-state index < -0.39 is 0 Å². The molecule has 0 atom stereocenters. The Morgan fingerprint density at radius 2 is 1.45 bits per heavy atom. The summed E-state index contributed by atoms with van der Waals surface area (Å²) in [5.74, 6) is -0.253. The molecule has 2 amide bonds. The number of amides is 2. The molecule has 0 spiro atoms. The molecule has 2 aromatic rings. The van der Waals surface area contributed by atoms with Gasteiger partial charge >= 0.3 is 0 Å². The molecule has 0 radical (unpaired) electrons. The summed E-state index contributed by atoms with van der Waals surface area (Å²) in [6, 6.07) is 14.7. The average molecular weight is 296 g/mol. The van der Waals surface area contributed by atoms with E-state index in [9.17, 15) is 9.59 Å². The molecule has 0 aliphatic carbocycles. The van der Waals surface area contributed by atoms with Gasteiger partial charge in [0.1, 0.15) is 0 Å². The number of aryl methyl sites for hydroxylation is 1. The van der Waals surface area contributed by atoms with E-state index in [1.54, 1.807) is 18.2 Å². The number of rotatable bonds is 5. The van der Waals surface area contributed by atoms with Crippen molar-refractivity contribution in [3.8, 4) is 0 Å². The summed E-state index contributed by atoms with van der Waals surface area (Å²) >= 11 is 0. The molecular formula is C18H20N2O2. The lowest BCUT2D eigenvalue weighted by Crippen LogP contribution is -2.35. The standard InChI is InChI=1S/C18H20N2O2/c1-13-7-6-10-16(14(13)2)18(22)20-12-11-19-17(21)15-8-4-3-5-9-15/h3-10H,11-12H2,1-2H3,(H,19,21)(H,20,22). The number of carbonyl (C=O) groups is 2. The largest absolute Gasteiger partial charge is 0.350 e. The van der Waals surface area contributed by atoms with Gasteiger partial charge in [-0.05, 0) is 43.2 Å². The SMILES string of the molecule is Cc1cccc(C(=O)NCCNC(=O)c2ccccc2)c1C. The first-order valence-corrected chi connectivity index (χ1v) is 7.27. The van der Waals surface area contributed by atoms with Gasteiger partial charge in [0.15, 0.2) is 0 Å². The fraction of sp³-hybridized carbons (Fsp3) is 0.222. The molecule has 0 saturated carbocycles. The number of carbonyl (C=O) groups excluding carboxylic acids is 2. The summed E-state index contributed by atoms with van der Waals surface area (Å²) < 4.78 is 0. The van der Waals surface area contributed by atoms with Crippen LogP contribution in [0.15, 0.2) is 48.5 Å². The third-order valence-electron chi connectivity index (χ3n) is 3.58. The topological polar surface area (TPSA) is 58.2 Å². The monoisotopic (exact) mass is 296 g/mol. The van der Waals surface area contributed by atoms with Crippen LogP contribution in [0.3, 0.4) is 0 Å². The molecule has 0 aromatic heterocycles.